The van der Waals surface area contributed by atoms with E-state index in [1.807, 2.05) is 30.3 Å². The van der Waals surface area contributed by atoms with Crippen molar-refractivity contribution in [1.82, 2.24) is 10.3 Å². The molecule has 4 rings (SSSR count). The van der Waals surface area contributed by atoms with Crippen molar-refractivity contribution in [3.05, 3.63) is 35.9 Å². The molecule has 100 valence electrons. The summed E-state index contributed by atoms with van der Waals surface area (Å²) in [5.74, 6) is 2.41. The first kappa shape index (κ1) is 11.7. The zero-order valence-electron chi connectivity index (χ0n) is 11.2. The molecule has 3 heterocycles. The molecule has 2 fully saturated rings. The molecule has 2 aliphatic heterocycles. The summed E-state index contributed by atoms with van der Waals surface area (Å²) in [5.41, 5.74) is 1.64. The molecule has 2 aromatic rings. The number of benzene rings is 1. The first-order valence-corrected chi connectivity index (χ1v) is 7.11. The molecule has 0 amide bonds. The minimum absolute atomic E-state index is 0.723. The van der Waals surface area contributed by atoms with E-state index in [0.717, 1.165) is 60.3 Å². The van der Waals surface area contributed by atoms with Crippen molar-refractivity contribution < 1.29 is 0 Å². The number of nitrogens with one attached hydrogen (secondary N) is 1. The maximum atomic E-state index is 9.36. The first-order valence-electron chi connectivity index (χ1n) is 7.11. The van der Waals surface area contributed by atoms with Gasteiger partial charge in [0.15, 0.2) is 0 Å². The van der Waals surface area contributed by atoms with E-state index in [1.54, 1.807) is 0 Å². The molecule has 0 aliphatic carbocycles. The van der Waals surface area contributed by atoms with E-state index < -0.39 is 0 Å². The molecular formula is C16H16N4. The van der Waals surface area contributed by atoms with Crippen LogP contribution in [0.3, 0.4) is 0 Å². The molecule has 2 saturated heterocycles. The SMILES string of the molecule is N#Cc1cc(N2C[C@H]3CNC[C@H]3C2)nc2ccccc12. The van der Waals surface area contributed by atoms with Crippen molar-refractivity contribution in [3.63, 3.8) is 0 Å². The second kappa shape index (κ2) is 4.46. The van der Waals surface area contributed by atoms with Crippen LogP contribution >= 0.6 is 0 Å². The third-order valence-electron chi connectivity index (χ3n) is 4.54. The van der Waals surface area contributed by atoms with E-state index in [0.29, 0.717) is 0 Å². The van der Waals surface area contributed by atoms with E-state index in [-0.39, 0.29) is 0 Å². The summed E-state index contributed by atoms with van der Waals surface area (Å²) in [6.45, 7) is 4.32. The van der Waals surface area contributed by atoms with Crippen LogP contribution in [0.25, 0.3) is 10.9 Å². The summed E-state index contributed by atoms with van der Waals surface area (Å²) in [6, 6.07) is 12.1. The molecular weight excluding hydrogens is 248 g/mol. The van der Waals surface area contributed by atoms with Gasteiger partial charge in [0, 0.05) is 31.6 Å². The number of fused-ring (bicyclic) bond motifs is 2. The van der Waals surface area contributed by atoms with Gasteiger partial charge in [-0.1, -0.05) is 18.2 Å². The number of hydrogen-bond acceptors (Lipinski definition) is 4. The lowest BCUT2D eigenvalue weighted by Gasteiger charge is -2.19. The van der Waals surface area contributed by atoms with Gasteiger partial charge in [0.05, 0.1) is 17.1 Å². The van der Waals surface area contributed by atoms with E-state index >= 15 is 0 Å². The average molecular weight is 264 g/mol. The van der Waals surface area contributed by atoms with Gasteiger partial charge in [0.1, 0.15) is 5.82 Å². The maximum absolute atomic E-state index is 9.36. The van der Waals surface area contributed by atoms with Crippen LogP contribution in [0.4, 0.5) is 5.82 Å². The molecule has 0 saturated carbocycles. The molecule has 0 spiro atoms. The fourth-order valence-corrected chi connectivity index (χ4v) is 3.46. The second-order valence-corrected chi connectivity index (χ2v) is 5.74. The second-order valence-electron chi connectivity index (χ2n) is 5.74. The average Bonchev–Trinajstić information content (AvgIpc) is 3.07. The van der Waals surface area contributed by atoms with Crippen molar-refractivity contribution in [2.45, 2.75) is 0 Å². The normalized spacial score (nSPS) is 24.9. The van der Waals surface area contributed by atoms with E-state index in [2.05, 4.69) is 16.3 Å². The van der Waals surface area contributed by atoms with Crippen molar-refractivity contribution in [2.75, 3.05) is 31.1 Å². The number of rotatable bonds is 1. The van der Waals surface area contributed by atoms with Crippen LogP contribution in [-0.4, -0.2) is 31.2 Å². The quantitative estimate of drug-likeness (QED) is 0.852. The number of anilines is 1. The zero-order valence-corrected chi connectivity index (χ0v) is 11.2. The molecule has 1 N–H and O–H groups in total. The lowest BCUT2D eigenvalue weighted by molar-refractivity contribution is 0.533. The Morgan fingerprint density at radius 1 is 1.20 bits per heavy atom. The fraction of sp³-hybridized carbons (Fsp3) is 0.375. The summed E-state index contributed by atoms with van der Waals surface area (Å²) < 4.78 is 0. The number of nitriles is 1. The summed E-state index contributed by atoms with van der Waals surface area (Å²) in [6.07, 6.45) is 0. The van der Waals surface area contributed by atoms with Crippen LogP contribution in [0.2, 0.25) is 0 Å². The van der Waals surface area contributed by atoms with Gasteiger partial charge in [-0.15, -0.1) is 0 Å². The van der Waals surface area contributed by atoms with E-state index in [9.17, 15) is 5.26 Å². The Bertz CT molecular complexity index is 691. The molecule has 1 aromatic carbocycles. The highest BCUT2D eigenvalue weighted by molar-refractivity contribution is 5.86. The van der Waals surface area contributed by atoms with Crippen LogP contribution in [0, 0.1) is 23.2 Å². The Morgan fingerprint density at radius 3 is 2.70 bits per heavy atom. The van der Waals surface area contributed by atoms with E-state index in [1.165, 1.54) is 0 Å². The van der Waals surface area contributed by atoms with Gasteiger partial charge < -0.3 is 10.2 Å². The van der Waals surface area contributed by atoms with Crippen molar-refractivity contribution in [3.8, 4) is 6.07 Å². The summed E-state index contributed by atoms with van der Waals surface area (Å²) in [4.78, 5) is 7.08. The van der Waals surface area contributed by atoms with Gasteiger partial charge in [-0.25, -0.2) is 4.98 Å². The van der Waals surface area contributed by atoms with Crippen molar-refractivity contribution in [2.24, 2.45) is 11.8 Å². The zero-order chi connectivity index (χ0) is 13.5. The summed E-state index contributed by atoms with van der Waals surface area (Å²) in [7, 11) is 0. The van der Waals surface area contributed by atoms with Crippen molar-refractivity contribution in [1.29, 1.82) is 5.26 Å². The molecule has 4 nitrogen and oxygen atoms in total. The minimum Gasteiger partial charge on any atom is -0.356 e. The first-order chi connectivity index (χ1) is 9.85. The van der Waals surface area contributed by atoms with Gasteiger partial charge in [0.2, 0.25) is 0 Å². The molecule has 20 heavy (non-hydrogen) atoms. The fourth-order valence-electron chi connectivity index (χ4n) is 3.46. The highest BCUT2D eigenvalue weighted by Crippen LogP contribution is 2.31. The number of hydrogen-bond donors (Lipinski definition) is 1. The minimum atomic E-state index is 0.723. The van der Waals surface area contributed by atoms with Gasteiger partial charge >= 0.3 is 0 Å². The predicted octanol–water partition coefficient (Wildman–Crippen LogP) is 1.76. The highest BCUT2D eigenvalue weighted by atomic mass is 15.2. The number of nitrogens with zero attached hydrogens (tertiary/aromatic N) is 3. The van der Waals surface area contributed by atoms with Crippen molar-refractivity contribution >= 4 is 16.7 Å². The monoisotopic (exact) mass is 264 g/mol. The maximum Gasteiger partial charge on any atom is 0.130 e. The van der Waals surface area contributed by atoms with Crippen LogP contribution in [0.5, 0.6) is 0 Å². The lowest BCUT2D eigenvalue weighted by Crippen LogP contribution is -2.26. The lowest BCUT2D eigenvalue weighted by atomic mass is 10.0. The molecule has 2 atom stereocenters. The third-order valence-corrected chi connectivity index (χ3v) is 4.54. The summed E-state index contributed by atoms with van der Waals surface area (Å²) >= 11 is 0. The molecule has 0 radical (unpaired) electrons. The molecule has 0 bridgehead atoms. The van der Waals surface area contributed by atoms with Crippen LogP contribution in [0.15, 0.2) is 30.3 Å². The predicted molar refractivity (Wildman–Crippen MR) is 78.5 cm³/mol. The standard InChI is InChI=1S/C16H16N4/c17-6-11-5-16(19-15-4-2-1-3-14(11)15)20-9-12-7-18-8-13(12)10-20/h1-5,12-13,18H,7-10H2/t12-,13+. The van der Waals surface area contributed by atoms with Crippen LogP contribution < -0.4 is 10.2 Å². The van der Waals surface area contributed by atoms with E-state index in [4.69, 9.17) is 4.98 Å². The Hall–Kier alpha value is -2.12. The number of pyridine rings is 1. The van der Waals surface area contributed by atoms with Crippen LogP contribution in [-0.2, 0) is 0 Å². The Kier molecular flexibility index (Phi) is 2.61. The van der Waals surface area contributed by atoms with Crippen LogP contribution in [0.1, 0.15) is 5.56 Å². The molecule has 4 heteroatoms. The third kappa shape index (κ3) is 1.75. The number of aromatic nitrogens is 1. The topological polar surface area (TPSA) is 52.0 Å². The largest absolute Gasteiger partial charge is 0.356 e. The summed E-state index contributed by atoms with van der Waals surface area (Å²) in [5, 5.41) is 13.8. The molecule has 2 aliphatic rings. The number of para-hydroxylation sites is 1. The van der Waals surface area contributed by atoms with Gasteiger partial charge in [-0.3, -0.25) is 0 Å². The smallest absolute Gasteiger partial charge is 0.130 e. The molecule has 1 aromatic heterocycles. The highest BCUT2D eigenvalue weighted by Gasteiger charge is 2.36. The molecule has 0 unspecified atom stereocenters. The Labute approximate surface area is 118 Å². The van der Waals surface area contributed by atoms with Gasteiger partial charge in [-0.05, 0) is 24.0 Å². The van der Waals surface area contributed by atoms with Gasteiger partial charge in [0.25, 0.3) is 0 Å². The Balaban J connectivity index is 1.76. The van der Waals surface area contributed by atoms with Gasteiger partial charge in [-0.2, -0.15) is 5.26 Å². The Morgan fingerprint density at radius 2 is 1.95 bits per heavy atom.